The summed E-state index contributed by atoms with van der Waals surface area (Å²) in [4.78, 5) is 3.41. The number of rotatable bonds is 1. The van der Waals surface area contributed by atoms with Crippen LogP contribution >= 0.6 is 45.5 Å². The average molecular weight is 414 g/mol. The lowest BCUT2D eigenvalue weighted by Crippen LogP contribution is -2.11. The first-order valence-corrected chi connectivity index (χ1v) is 5.21. The van der Waals surface area contributed by atoms with Crippen molar-refractivity contribution < 1.29 is 13.2 Å². The van der Waals surface area contributed by atoms with Crippen molar-refractivity contribution in [3.8, 4) is 0 Å². The first-order valence-electron chi connectivity index (χ1n) is 3.05. The molecule has 0 unspecified atom stereocenters. The summed E-state index contributed by atoms with van der Waals surface area (Å²) < 4.78 is 39.7. The van der Waals surface area contributed by atoms with E-state index in [9.17, 15) is 13.2 Å². The number of hydrogen-bond donors (Lipinski definition) is 1. The maximum absolute atomic E-state index is 12.3. The van der Waals surface area contributed by atoms with Crippen molar-refractivity contribution in [1.82, 2.24) is 4.98 Å². The summed E-state index contributed by atoms with van der Waals surface area (Å²) in [5, 5.41) is 0. The largest absolute Gasteiger partial charge is 0.435 e. The van der Waals surface area contributed by atoms with Gasteiger partial charge in [-0.05, 0) is 34.7 Å². The first-order chi connectivity index (χ1) is 5.95. The minimum absolute atomic E-state index is 0.0199. The van der Waals surface area contributed by atoms with E-state index in [2.05, 4.69) is 8.51 Å². The maximum Gasteiger partial charge on any atom is 0.435 e. The van der Waals surface area contributed by atoms with Gasteiger partial charge in [0.05, 0.1) is 28.6 Å². The fourth-order valence-electron chi connectivity index (χ4n) is 0.728. The van der Waals surface area contributed by atoms with Crippen LogP contribution in [0, 0.1) is 3.70 Å². The van der Waals surface area contributed by atoms with Crippen LogP contribution in [0.15, 0.2) is 12.1 Å². The van der Waals surface area contributed by atoms with Gasteiger partial charge in [-0.1, -0.05) is 0 Å². The second-order valence-corrected chi connectivity index (χ2v) is 3.77. The van der Waals surface area contributed by atoms with Crippen molar-refractivity contribution in [2.75, 3.05) is 3.53 Å². The van der Waals surface area contributed by atoms with Crippen LogP contribution in [0.3, 0.4) is 0 Å². The van der Waals surface area contributed by atoms with Crippen LogP contribution in [0.2, 0.25) is 0 Å². The third-order valence-electron chi connectivity index (χ3n) is 1.23. The van der Waals surface area contributed by atoms with Crippen LogP contribution in [-0.4, -0.2) is 4.98 Å². The lowest BCUT2D eigenvalue weighted by molar-refractivity contribution is -0.140. The second-order valence-electron chi connectivity index (χ2n) is 2.12. The lowest BCUT2D eigenvalue weighted by Gasteiger charge is -2.10. The quantitative estimate of drug-likeness (QED) is 0.433. The lowest BCUT2D eigenvalue weighted by atomic mass is 10.3. The predicted octanol–water partition coefficient (Wildman–Crippen LogP) is 3.47. The molecule has 0 aromatic carbocycles. The third-order valence-corrected chi connectivity index (χ3v) is 2.41. The van der Waals surface area contributed by atoms with Crippen LogP contribution in [0.5, 0.6) is 0 Å². The highest BCUT2D eigenvalue weighted by molar-refractivity contribution is 14.1. The molecule has 1 N–H and O–H groups in total. The van der Waals surface area contributed by atoms with Gasteiger partial charge in [0.2, 0.25) is 0 Å². The molecule has 2 nitrogen and oxygen atoms in total. The standard InChI is InChI=1S/C6H3F3I2N2/c7-6(8,9)5-3(13-11)1-2-4(10)12-5/h1-2,13H. The molecule has 1 heterocycles. The Morgan fingerprint density at radius 3 is 2.38 bits per heavy atom. The molecule has 0 bridgehead atoms. The van der Waals surface area contributed by atoms with E-state index in [-0.39, 0.29) is 5.69 Å². The molecule has 0 aliphatic rings. The molecular weight excluding hydrogens is 411 g/mol. The Balaban J connectivity index is 3.24. The van der Waals surface area contributed by atoms with Crippen LogP contribution in [0.4, 0.5) is 18.9 Å². The van der Waals surface area contributed by atoms with Gasteiger partial charge < -0.3 is 3.53 Å². The topological polar surface area (TPSA) is 24.9 Å². The smallest absolute Gasteiger partial charge is 0.327 e. The van der Waals surface area contributed by atoms with Gasteiger partial charge in [0.1, 0.15) is 3.70 Å². The summed E-state index contributed by atoms with van der Waals surface area (Å²) in [5.41, 5.74) is -0.901. The molecule has 1 aromatic rings. The van der Waals surface area contributed by atoms with Crippen LogP contribution in [0.1, 0.15) is 5.69 Å². The van der Waals surface area contributed by atoms with Gasteiger partial charge in [0.25, 0.3) is 0 Å². The van der Waals surface area contributed by atoms with Crippen molar-refractivity contribution in [3.05, 3.63) is 21.5 Å². The van der Waals surface area contributed by atoms with Crippen LogP contribution in [0.25, 0.3) is 0 Å². The number of anilines is 1. The molecule has 13 heavy (non-hydrogen) atoms. The molecule has 0 fully saturated rings. The number of alkyl halides is 3. The Morgan fingerprint density at radius 2 is 1.92 bits per heavy atom. The summed E-state index contributed by atoms with van der Waals surface area (Å²) in [6.07, 6.45) is -4.41. The van der Waals surface area contributed by atoms with Crippen molar-refractivity contribution >= 4 is 51.1 Å². The number of nitrogens with one attached hydrogen (secondary N) is 1. The zero-order valence-electron chi connectivity index (χ0n) is 5.99. The summed E-state index contributed by atoms with van der Waals surface area (Å²) >= 11 is 3.38. The number of pyridine rings is 1. The van der Waals surface area contributed by atoms with E-state index in [0.29, 0.717) is 3.70 Å². The van der Waals surface area contributed by atoms with Gasteiger partial charge in [-0.2, -0.15) is 13.2 Å². The highest BCUT2D eigenvalue weighted by Crippen LogP contribution is 2.33. The molecule has 0 aliphatic heterocycles. The normalized spacial score (nSPS) is 11.5. The van der Waals surface area contributed by atoms with Crippen molar-refractivity contribution in [2.45, 2.75) is 6.18 Å². The van der Waals surface area contributed by atoms with Gasteiger partial charge in [0.15, 0.2) is 5.69 Å². The molecule has 7 heteroatoms. The molecule has 0 aliphatic carbocycles. The highest BCUT2D eigenvalue weighted by Gasteiger charge is 2.35. The monoisotopic (exact) mass is 414 g/mol. The van der Waals surface area contributed by atoms with E-state index in [1.807, 2.05) is 0 Å². The minimum Gasteiger partial charge on any atom is -0.327 e. The van der Waals surface area contributed by atoms with Gasteiger partial charge >= 0.3 is 6.18 Å². The van der Waals surface area contributed by atoms with Crippen molar-refractivity contribution in [1.29, 1.82) is 0 Å². The molecule has 0 spiro atoms. The predicted molar refractivity (Wildman–Crippen MR) is 59.6 cm³/mol. The van der Waals surface area contributed by atoms with Crippen LogP contribution in [-0.2, 0) is 6.18 Å². The van der Waals surface area contributed by atoms with Gasteiger partial charge in [-0.15, -0.1) is 0 Å². The second kappa shape index (κ2) is 4.15. The average Bonchev–Trinajstić information content (AvgIpc) is 2.03. The summed E-state index contributed by atoms with van der Waals surface area (Å²) in [6, 6.07) is 2.86. The number of hydrogen-bond acceptors (Lipinski definition) is 2. The Bertz CT molecular complexity index is 313. The molecule has 0 atom stereocenters. The third kappa shape index (κ3) is 2.82. The summed E-state index contributed by atoms with van der Waals surface area (Å²) in [7, 11) is 0. The van der Waals surface area contributed by atoms with Crippen molar-refractivity contribution in [3.63, 3.8) is 0 Å². The zero-order chi connectivity index (χ0) is 10.1. The Labute approximate surface area is 99.9 Å². The van der Waals surface area contributed by atoms with Crippen molar-refractivity contribution in [2.24, 2.45) is 0 Å². The molecular formula is C6H3F3I2N2. The molecule has 0 saturated carbocycles. The van der Waals surface area contributed by atoms with Gasteiger partial charge in [-0.3, -0.25) is 0 Å². The molecule has 0 amide bonds. The molecule has 1 rings (SSSR count). The van der Waals surface area contributed by atoms with E-state index in [4.69, 9.17) is 0 Å². The van der Waals surface area contributed by atoms with Gasteiger partial charge in [0, 0.05) is 0 Å². The fraction of sp³-hybridized carbons (Fsp3) is 0.167. The Morgan fingerprint density at radius 1 is 1.31 bits per heavy atom. The van der Waals surface area contributed by atoms with E-state index in [1.54, 1.807) is 45.5 Å². The zero-order valence-corrected chi connectivity index (χ0v) is 10.3. The molecule has 0 radical (unpaired) electrons. The summed E-state index contributed by atoms with van der Waals surface area (Å²) in [5.74, 6) is 0. The fourth-order valence-corrected chi connectivity index (χ4v) is 1.58. The van der Waals surface area contributed by atoms with E-state index < -0.39 is 11.9 Å². The molecule has 0 saturated heterocycles. The molecule has 72 valence electrons. The Kier molecular flexibility index (Phi) is 3.60. The minimum atomic E-state index is -4.41. The highest BCUT2D eigenvalue weighted by atomic mass is 127. The van der Waals surface area contributed by atoms with E-state index in [0.717, 1.165) is 0 Å². The van der Waals surface area contributed by atoms with E-state index >= 15 is 0 Å². The maximum atomic E-state index is 12.3. The molecule has 1 aromatic heterocycles. The van der Waals surface area contributed by atoms with Gasteiger partial charge in [-0.25, -0.2) is 4.98 Å². The Hall–Kier alpha value is 0.200. The van der Waals surface area contributed by atoms with Crippen LogP contribution < -0.4 is 3.53 Å². The number of aromatic nitrogens is 1. The number of halogens is 5. The number of nitrogens with zero attached hydrogens (tertiary/aromatic N) is 1. The van der Waals surface area contributed by atoms with E-state index in [1.165, 1.54) is 12.1 Å². The first kappa shape index (κ1) is 11.3. The SMILES string of the molecule is FC(F)(F)c1nc(I)ccc1NI. The summed E-state index contributed by atoms with van der Waals surface area (Å²) in [6.45, 7) is 0.